The van der Waals surface area contributed by atoms with E-state index in [4.69, 9.17) is 4.74 Å². The fraction of sp³-hybridized carbons (Fsp3) is 0.208. The first-order valence-corrected chi connectivity index (χ1v) is 9.96. The number of ether oxygens (including phenoxy) is 2. The number of para-hydroxylation sites is 1. The quantitative estimate of drug-likeness (QED) is 0.489. The van der Waals surface area contributed by atoms with Crippen molar-refractivity contribution >= 4 is 5.91 Å². The summed E-state index contributed by atoms with van der Waals surface area (Å²) in [6.07, 6.45) is -4.47. The number of hydrogen-bond acceptors (Lipinski definition) is 3. The predicted octanol–water partition coefficient (Wildman–Crippen LogP) is 5.47. The highest BCUT2D eigenvalue weighted by Gasteiger charge is 2.32. The van der Waals surface area contributed by atoms with E-state index in [1.165, 1.54) is 36.4 Å². The highest BCUT2D eigenvalue weighted by molar-refractivity contribution is 5.98. The Bertz CT molecular complexity index is 1130. The number of amides is 1. The first-order chi connectivity index (χ1) is 15.3. The summed E-state index contributed by atoms with van der Waals surface area (Å²) in [6.45, 7) is 0.831. The van der Waals surface area contributed by atoms with Crippen LogP contribution in [-0.2, 0) is 6.42 Å². The molecular weight excluding hydrogens is 426 g/mol. The standard InChI is InChI=1S/C24H19F4NO3/c25-20-7-3-1-5-16(20)11-12-29-13-14-31-22-15-17(9-10-19(22)23(29)30)18-6-2-4-8-21(18)32-24(26,27)28/h1-10,15H,11-14H2. The van der Waals surface area contributed by atoms with Crippen LogP contribution in [0.5, 0.6) is 11.5 Å². The average molecular weight is 445 g/mol. The highest BCUT2D eigenvalue weighted by Crippen LogP contribution is 2.36. The van der Waals surface area contributed by atoms with Gasteiger partial charge < -0.3 is 14.4 Å². The van der Waals surface area contributed by atoms with E-state index in [0.29, 0.717) is 36.2 Å². The van der Waals surface area contributed by atoms with Gasteiger partial charge in [-0.2, -0.15) is 0 Å². The van der Waals surface area contributed by atoms with Crippen LogP contribution in [0.25, 0.3) is 11.1 Å². The molecule has 0 aliphatic carbocycles. The van der Waals surface area contributed by atoms with Crippen LogP contribution in [0, 0.1) is 5.82 Å². The van der Waals surface area contributed by atoms with Crippen LogP contribution in [0.2, 0.25) is 0 Å². The van der Waals surface area contributed by atoms with Crippen molar-refractivity contribution in [3.63, 3.8) is 0 Å². The summed E-state index contributed by atoms with van der Waals surface area (Å²) in [5.74, 6) is -0.662. The molecule has 0 fully saturated rings. The SMILES string of the molecule is O=C1c2ccc(-c3ccccc3OC(F)(F)F)cc2OCCN1CCc1ccccc1F. The van der Waals surface area contributed by atoms with E-state index in [0.717, 1.165) is 0 Å². The topological polar surface area (TPSA) is 38.8 Å². The smallest absolute Gasteiger partial charge is 0.491 e. The molecule has 8 heteroatoms. The second-order valence-corrected chi connectivity index (χ2v) is 7.24. The summed E-state index contributed by atoms with van der Waals surface area (Å²) in [5.41, 5.74) is 1.47. The van der Waals surface area contributed by atoms with Gasteiger partial charge in [-0.3, -0.25) is 4.79 Å². The summed E-state index contributed by atoms with van der Waals surface area (Å²) in [4.78, 5) is 14.6. The van der Waals surface area contributed by atoms with E-state index in [1.54, 1.807) is 35.2 Å². The van der Waals surface area contributed by atoms with Crippen LogP contribution < -0.4 is 9.47 Å². The number of carbonyl (C=O) groups excluding carboxylic acids is 1. The van der Waals surface area contributed by atoms with E-state index >= 15 is 0 Å². The Kier molecular flexibility index (Phi) is 6.03. The molecule has 0 N–H and O–H groups in total. The first-order valence-electron chi connectivity index (χ1n) is 9.96. The van der Waals surface area contributed by atoms with Gasteiger partial charge in [-0.1, -0.05) is 42.5 Å². The van der Waals surface area contributed by atoms with Gasteiger partial charge in [-0.25, -0.2) is 4.39 Å². The molecule has 0 aromatic heterocycles. The van der Waals surface area contributed by atoms with E-state index in [2.05, 4.69) is 4.74 Å². The van der Waals surface area contributed by atoms with Gasteiger partial charge in [0.05, 0.1) is 12.1 Å². The maximum Gasteiger partial charge on any atom is 0.573 e. The molecule has 0 saturated heterocycles. The monoisotopic (exact) mass is 445 g/mol. The van der Waals surface area contributed by atoms with E-state index in [1.807, 2.05) is 0 Å². The van der Waals surface area contributed by atoms with Crippen molar-refractivity contribution in [2.75, 3.05) is 19.7 Å². The maximum atomic E-state index is 13.9. The van der Waals surface area contributed by atoms with Crippen molar-refractivity contribution in [1.82, 2.24) is 4.90 Å². The summed E-state index contributed by atoms with van der Waals surface area (Å²) in [5, 5.41) is 0. The maximum absolute atomic E-state index is 13.9. The molecule has 0 unspecified atom stereocenters. The molecule has 3 aromatic rings. The molecule has 0 saturated carbocycles. The molecule has 4 nitrogen and oxygen atoms in total. The molecule has 0 atom stereocenters. The molecule has 0 spiro atoms. The van der Waals surface area contributed by atoms with Gasteiger partial charge in [-0.05, 0) is 41.8 Å². The van der Waals surface area contributed by atoms with Gasteiger partial charge in [0.25, 0.3) is 5.91 Å². The minimum Gasteiger partial charge on any atom is -0.491 e. The van der Waals surface area contributed by atoms with Crippen molar-refractivity contribution in [3.8, 4) is 22.6 Å². The third-order valence-corrected chi connectivity index (χ3v) is 5.15. The zero-order valence-electron chi connectivity index (χ0n) is 16.9. The summed E-state index contributed by atoms with van der Waals surface area (Å²) in [7, 11) is 0. The molecule has 0 radical (unpaired) electrons. The second kappa shape index (κ2) is 8.90. The van der Waals surface area contributed by atoms with E-state index in [9.17, 15) is 22.4 Å². The van der Waals surface area contributed by atoms with Gasteiger partial charge in [0.15, 0.2) is 0 Å². The number of hydrogen-bond donors (Lipinski definition) is 0. The van der Waals surface area contributed by atoms with E-state index < -0.39 is 6.36 Å². The van der Waals surface area contributed by atoms with Gasteiger partial charge >= 0.3 is 6.36 Å². The normalized spacial score (nSPS) is 13.9. The van der Waals surface area contributed by atoms with Gasteiger partial charge in [0.1, 0.15) is 23.9 Å². The van der Waals surface area contributed by atoms with Crippen LogP contribution in [-0.4, -0.2) is 36.9 Å². The lowest BCUT2D eigenvalue weighted by atomic mass is 10.0. The Morgan fingerprint density at radius 3 is 2.50 bits per heavy atom. The van der Waals surface area contributed by atoms with Crippen LogP contribution >= 0.6 is 0 Å². The largest absolute Gasteiger partial charge is 0.573 e. The summed E-state index contributed by atoms with van der Waals surface area (Å²) >= 11 is 0. The second-order valence-electron chi connectivity index (χ2n) is 7.24. The van der Waals surface area contributed by atoms with Crippen LogP contribution in [0.15, 0.2) is 66.7 Å². The van der Waals surface area contributed by atoms with Crippen LogP contribution in [0.4, 0.5) is 17.6 Å². The molecule has 32 heavy (non-hydrogen) atoms. The highest BCUT2D eigenvalue weighted by atomic mass is 19.4. The molecule has 4 rings (SSSR count). The number of fused-ring (bicyclic) bond motifs is 1. The summed E-state index contributed by atoms with van der Waals surface area (Å²) < 4.78 is 62.0. The predicted molar refractivity (Wildman–Crippen MR) is 110 cm³/mol. The summed E-state index contributed by atoms with van der Waals surface area (Å²) in [6, 6.07) is 16.8. The molecule has 1 heterocycles. The van der Waals surface area contributed by atoms with Crippen LogP contribution in [0.3, 0.4) is 0 Å². The Balaban J connectivity index is 1.57. The third kappa shape index (κ3) is 4.85. The Morgan fingerprint density at radius 2 is 1.72 bits per heavy atom. The zero-order chi connectivity index (χ0) is 22.7. The lowest BCUT2D eigenvalue weighted by Crippen LogP contribution is -2.34. The van der Waals surface area contributed by atoms with E-state index in [-0.39, 0.29) is 35.4 Å². The fourth-order valence-corrected chi connectivity index (χ4v) is 3.61. The van der Waals surface area contributed by atoms with Gasteiger partial charge in [0.2, 0.25) is 0 Å². The Hall–Kier alpha value is -3.55. The minimum atomic E-state index is -4.83. The number of carbonyl (C=O) groups is 1. The molecule has 0 bridgehead atoms. The molecule has 3 aromatic carbocycles. The number of halogens is 4. The first kappa shape index (κ1) is 21.7. The Labute approximate surface area is 182 Å². The number of alkyl halides is 3. The molecule has 1 aliphatic rings. The van der Waals surface area contributed by atoms with Crippen LogP contribution in [0.1, 0.15) is 15.9 Å². The molecule has 1 aliphatic heterocycles. The number of rotatable bonds is 5. The third-order valence-electron chi connectivity index (χ3n) is 5.15. The lowest BCUT2D eigenvalue weighted by Gasteiger charge is -2.20. The Morgan fingerprint density at radius 1 is 0.969 bits per heavy atom. The van der Waals surface area contributed by atoms with Gasteiger partial charge in [0, 0.05) is 12.1 Å². The molecule has 166 valence electrons. The van der Waals surface area contributed by atoms with Crippen molar-refractivity contribution in [2.45, 2.75) is 12.8 Å². The average Bonchev–Trinajstić information content (AvgIpc) is 2.91. The molecule has 1 amide bonds. The number of benzene rings is 3. The zero-order valence-corrected chi connectivity index (χ0v) is 16.9. The number of nitrogens with zero attached hydrogens (tertiary/aromatic N) is 1. The minimum absolute atomic E-state index is 0.208. The van der Waals surface area contributed by atoms with Crippen molar-refractivity contribution in [2.24, 2.45) is 0 Å². The van der Waals surface area contributed by atoms with Gasteiger partial charge in [-0.15, -0.1) is 13.2 Å². The van der Waals surface area contributed by atoms with Crippen molar-refractivity contribution in [1.29, 1.82) is 0 Å². The lowest BCUT2D eigenvalue weighted by molar-refractivity contribution is -0.274. The van der Waals surface area contributed by atoms with Crippen molar-refractivity contribution < 1.29 is 31.8 Å². The molecular formula is C24H19F4NO3. The van der Waals surface area contributed by atoms with Crippen molar-refractivity contribution in [3.05, 3.63) is 83.7 Å². The fourth-order valence-electron chi connectivity index (χ4n) is 3.61.